The third kappa shape index (κ3) is 8.20. The average molecular weight is 641 g/mol. The van der Waals surface area contributed by atoms with E-state index < -0.39 is 42.4 Å². The molecule has 2 aliphatic heterocycles. The second-order valence-corrected chi connectivity index (χ2v) is 13.1. The van der Waals surface area contributed by atoms with Gasteiger partial charge in [0.1, 0.15) is 19.2 Å². The number of hydrogen-bond acceptors (Lipinski definition) is 9. The van der Waals surface area contributed by atoms with Crippen LogP contribution >= 0.6 is 21.6 Å². The van der Waals surface area contributed by atoms with Crippen molar-refractivity contribution in [3.8, 4) is 0 Å². The van der Waals surface area contributed by atoms with E-state index in [-0.39, 0.29) is 54.0 Å². The third-order valence-corrected chi connectivity index (χ3v) is 9.66. The maximum atomic E-state index is 13.2. The maximum absolute atomic E-state index is 13.2. The van der Waals surface area contributed by atoms with Crippen molar-refractivity contribution in [2.45, 2.75) is 44.0 Å². The average Bonchev–Trinajstić information content (AvgIpc) is 3.23. The van der Waals surface area contributed by atoms with Gasteiger partial charge in [-0.2, -0.15) is 0 Å². The van der Waals surface area contributed by atoms with E-state index in [0.29, 0.717) is 17.9 Å². The van der Waals surface area contributed by atoms with E-state index in [2.05, 4.69) is 17.2 Å². The molecule has 0 radical (unpaired) electrons. The zero-order valence-corrected chi connectivity index (χ0v) is 25.6. The first-order valence-electron chi connectivity index (χ1n) is 13.8. The number of carboxylic acid groups (broad SMARTS) is 1. The number of benzene rings is 2. The van der Waals surface area contributed by atoms with Crippen LogP contribution in [0.2, 0.25) is 0 Å². The Bertz CT molecular complexity index is 1470. The molecule has 2 aromatic rings. The number of carbonyl (C=O) groups excluding carboxylic acids is 5. The lowest BCUT2D eigenvalue weighted by Crippen LogP contribution is -2.51. The van der Waals surface area contributed by atoms with Crippen LogP contribution in [0.25, 0.3) is 0 Å². The number of fused-ring (bicyclic) bond motifs is 1. The second kappa shape index (κ2) is 14.9. The van der Waals surface area contributed by atoms with Gasteiger partial charge in [-0.25, -0.2) is 4.79 Å². The number of rotatable bonds is 13. The van der Waals surface area contributed by atoms with Crippen LogP contribution in [0.5, 0.6) is 0 Å². The lowest BCUT2D eigenvalue weighted by molar-refractivity contribution is -0.144. The predicted molar refractivity (Wildman–Crippen MR) is 166 cm³/mol. The number of carbonyl (C=O) groups is 6. The zero-order chi connectivity index (χ0) is 31.8. The van der Waals surface area contributed by atoms with Crippen LogP contribution < -0.4 is 10.6 Å². The number of imide groups is 1. The van der Waals surface area contributed by atoms with Gasteiger partial charge in [0.2, 0.25) is 11.8 Å². The SMILES string of the molecule is C=C1CCC(N2C(=O)c3cccc(NC(=O)OCCSS[C@H](C)CC(=O)N(CC(=O)O)Cc4ccccc4)c3C2=O)C(=O)N1. The smallest absolute Gasteiger partial charge is 0.411 e. The zero-order valence-electron chi connectivity index (χ0n) is 23.9. The molecule has 0 aliphatic carbocycles. The molecule has 2 aliphatic rings. The van der Waals surface area contributed by atoms with Crippen molar-refractivity contribution in [3.63, 3.8) is 0 Å². The van der Waals surface area contributed by atoms with E-state index >= 15 is 0 Å². The molecule has 2 aromatic carbocycles. The Balaban J connectivity index is 1.22. The number of anilines is 1. The Morgan fingerprint density at radius 2 is 1.89 bits per heavy atom. The van der Waals surface area contributed by atoms with Crippen molar-refractivity contribution in [2.75, 3.05) is 24.2 Å². The van der Waals surface area contributed by atoms with Gasteiger partial charge < -0.3 is 20.1 Å². The molecule has 2 atom stereocenters. The van der Waals surface area contributed by atoms with Gasteiger partial charge in [-0.15, -0.1) is 0 Å². The molecule has 14 heteroatoms. The van der Waals surface area contributed by atoms with Gasteiger partial charge in [0.05, 0.1) is 16.8 Å². The number of nitrogens with one attached hydrogen (secondary N) is 2. The summed E-state index contributed by atoms with van der Waals surface area (Å²) in [4.78, 5) is 77.5. The summed E-state index contributed by atoms with van der Waals surface area (Å²) in [5, 5.41) is 14.2. The van der Waals surface area contributed by atoms with E-state index in [1.807, 2.05) is 37.3 Å². The molecule has 3 N–H and O–H groups in total. The van der Waals surface area contributed by atoms with Gasteiger partial charge in [0.25, 0.3) is 11.8 Å². The van der Waals surface area contributed by atoms with Gasteiger partial charge in [0, 0.05) is 29.7 Å². The molecule has 1 saturated heterocycles. The summed E-state index contributed by atoms with van der Waals surface area (Å²) in [6.45, 7) is 5.41. The highest BCUT2D eigenvalue weighted by Gasteiger charge is 2.45. The number of piperidine rings is 1. The summed E-state index contributed by atoms with van der Waals surface area (Å²) in [6, 6.07) is 12.7. The number of hydrogen-bond donors (Lipinski definition) is 3. The number of carboxylic acids is 1. The van der Waals surface area contributed by atoms with Gasteiger partial charge in [-0.1, -0.05) is 71.5 Å². The highest BCUT2D eigenvalue weighted by Crippen LogP contribution is 2.33. The van der Waals surface area contributed by atoms with Crippen molar-refractivity contribution in [1.29, 1.82) is 0 Å². The Kier molecular flexibility index (Phi) is 11.1. The Labute approximate surface area is 261 Å². The molecule has 44 heavy (non-hydrogen) atoms. The number of aliphatic carboxylic acids is 1. The summed E-state index contributed by atoms with van der Waals surface area (Å²) >= 11 is 0. The molecular weight excluding hydrogens is 608 g/mol. The van der Waals surface area contributed by atoms with E-state index in [1.165, 1.54) is 44.7 Å². The monoisotopic (exact) mass is 640 g/mol. The minimum Gasteiger partial charge on any atom is -0.480 e. The van der Waals surface area contributed by atoms with Crippen molar-refractivity contribution in [1.82, 2.24) is 15.1 Å². The number of ether oxygens (including phenoxy) is 1. The summed E-state index contributed by atoms with van der Waals surface area (Å²) in [5.74, 6) is -2.72. The molecule has 4 rings (SSSR count). The Morgan fingerprint density at radius 1 is 1.14 bits per heavy atom. The molecule has 1 unspecified atom stereocenters. The van der Waals surface area contributed by atoms with Gasteiger partial charge in [-0.05, 0) is 30.5 Å². The number of nitrogens with zero attached hydrogens (tertiary/aromatic N) is 2. The van der Waals surface area contributed by atoms with Gasteiger partial charge in [-0.3, -0.25) is 34.2 Å². The first kappa shape index (κ1) is 32.6. The van der Waals surface area contributed by atoms with Crippen molar-refractivity contribution in [2.24, 2.45) is 0 Å². The van der Waals surface area contributed by atoms with Crippen molar-refractivity contribution >= 4 is 63.0 Å². The fourth-order valence-corrected chi connectivity index (χ4v) is 6.87. The molecule has 1 fully saturated rings. The Hall–Kier alpha value is -4.30. The van der Waals surface area contributed by atoms with Crippen LogP contribution in [0.4, 0.5) is 10.5 Å². The van der Waals surface area contributed by atoms with Crippen LogP contribution in [-0.4, -0.2) is 80.8 Å². The topological polar surface area (TPSA) is 162 Å². The van der Waals surface area contributed by atoms with Gasteiger partial charge in [0.15, 0.2) is 0 Å². The van der Waals surface area contributed by atoms with Crippen molar-refractivity contribution in [3.05, 3.63) is 77.5 Å². The molecule has 2 heterocycles. The third-order valence-electron chi connectivity index (χ3n) is 6.81. The highest BCUT2D eigenvalue weighted by molar-refractivity contribution is 8.76. The van der Waals surface area contributed by atoms with Crippen LogP contribution in [0.1, 0.15) is 52.5 Å². The molecule has 0 saturated carbocycles. The molecule has 12 nitrogen and oxygen atoms in total. The van der Waals surface area contributed by atoms with Gasteiger partial charge >= 0.3 is 12.1 Å². The summed E-state index contributed by atoms with van der Waals surface area (Å²) in [6.07, 6.45) is 0.0175. The normalized spacial score (nSPS) is 16.7. The lowest BCUT2D eigenvalue weighted by Gasteiger charge is -2.29. The van der Waals surface area contributed by atoms with E-state index in [0.717, 1.165) is 10.5 Å². The quantitative estimate of drug-likeness (QED) is 0.166. The molecule has 0 bridgehead atoms. The fourth-order valence-electron chi connectivity index (χ4n) is 4.79. The molecule has 232 valence electrons. The minimum atomic E-state index is -1.09. The van der Waals surface area contributed by atoms with Crippen LogP contribution in [0.3, 0.4) is 0 Å². The maximum Gasteiger partial charge on any atom is 0.411 e. The standard InChI is InChI=1S/C30H32N4O8S2/c1-18-11-12-23(27(38)31-18)34-28(39)21-9-6-10-22(26(21)29(34)40)32-30(41)42-13-14-43-44-19(2)15-24(35)33(17-25(36)37)16-20-7-4-3-5-8-20/h3-10,19,23H,1,11-17H2,2H3,(H,31,38)(H,32,41)(H,36,37)/t19-,23?/m1/s1. The Morgan fingerprint density at radius 3 is 2.59 bits per heavy atom. The number of allylic oxidation sites excluding steroid dienone is 1. The van der Waals surface area contributed by atoms with E-state index in [4.69, 9.17) is 4.74 Å². The second-order valence-electron chi connectivity index (χ2n) is 10.2. The molecule has 0 aromatic heterocycles. The van der Waals surface area contributed by atoms with Crippen LogP contribution in [0, 0.1) is 0 Å². The summed E-state index contributed by atoms with van der Waals surface area (Å²) in [7, 11) is 2.81. The van der Waals surface area contributed by atoms with Crippen LogP contribution in [0.15, 0.2) is 60.8 Å². The first-order chi connectivity index (χ1) is 21.0. The summed E-state index contributed by atoms with van der Waals surface area (Å²) < 4.78 is 5.24. The van der Waals surface area contributed by atoms with Crippen molar-refractivity contribution < 1.29 is 38.6 Å². The number of amides is 5. The molecule has 0 spiro atoms. The molecule has 5 amide bonds. The lowest BCUT2D eigenvalue weighted by atomic mass is 10.0. The predicted octanol–water partition coefficient (Wildman–Crippen LogP) is 3.90. The van der Waals surface area contributed by atoms with E-state index in [9.17, 15) is 33.9 Å². The minimum absolute atomic E-state index is 0.000668. The fraction of sp³-hybridized carbons (Fsp3) is 0.333. The highest BCUT2D eigenvalue weighted by atomic mass is 33.1. The largest absolute Gasteiger partial charge is 0.480 e. The molecular formula is C30H32N4O8S2. The summed E-state index contributed by atoms with van der Waals surface area (Å²) in [5.41, 5.74) is 1.55. The first-order valence-corrected chi connectivity index (χ1v) is 16.2. The van der Waals surface area contributed by atoms with Crippen LogP contribution in [-0.2, 0) is 25.7 Å². The van der Waals surface area contributed by atoms with E-state index in [1.54, 1.807) is 0 Å².